The normalized spacial score (nSPS) is 17.4. The zero-order valence-electron chi connectivity index (χ0n) is 16.9. The third-order valence-electron chi connectivity index (χ3n) is 5.33. The van der Waals surface area contributed by atoms with Gasteiger partial charge >= 0.3 is 6.18 Å². The Hall–Kier alpha value is -2.91. The van der Waals surface area contributed by atoms with Gasteiger partial charge in [0, 0.05) is 24.4 Å². The van der Waals surface area contributed by atoms with Crippen LogP contribution in [0, 0.1) is 0 Å². The van der Waals surface area contributed by atoms with Crippen molar-refractivity contribution >= 4 is 11.6 Å². The molecular formula is C20H22F3N5O2. The van der Waals surface area contributed by atoms with E-state index < -0.39 is 17.9 Å². The molecule has 1 atom stereocenters. The van der Waals surface area contributed by atoms with Gasteiger partial charge in [-0.15, -0.1) is 0 Å². The minimum Gasteiger partial charge on any atom is -0.351 e. The number of aryl methyl sites for hydroxylation is 1. The molecule has 0 bridgehead atoms. The van der Waals surface area contributed by atoms with Gasteiger partial charge in [0.05, 0.1) is 17.4 Å². The number of hydrogen-bond donors (Lipinski definition) is 0. The molecular weight excluding hydrogens is 399 g/mol. The number of hydrogen-bond acceptors (Lipinski definition) is 5. The van der Waals surface area contributed by atoms with Gasteiger partial charge in [0.2, 0.25) is 5.76 Å². The van der Waals surface area contributed by atoms with E-state index >= 15 is 0 Å². The summed E-state index contributed by atoms with van der Waals surface area (Å²) in [5.74, 6) is -0.384. The van der Waals surface area contributed by atoms with Crippen molar-refractivity contribution in [3.63, 3.8) is 0 Å². The number of nitrogens with zero attached hydrogens (tertiary/aromatic N) is 5. The molecule has 3 aromatic rings. The van der Waals surface area contributed by atoms with Gasteiger partial charge in [-0.3, -0.25) is 4.79 Å². The van der Waals surface area contributed by atoms with Gasteiger partial charge in [0.25, 0.3) is 5.91 Å². The summed E-state index contributed by atoms with van der Waals surface area (Å²) < 4.78 is 46.9. The maximum Gasteiger partial charge on any atom is 0.433 e. The van der Waals surface area contributed by atoms with Gasteiger partial charge in [-0.1, -0.05) is 25.9 Å². The third-order valence-corrected chi connectivity index (χ3v) is 5.33. The Morgan fingerprint density at radius 3 is 2.70 bits per heavy atom. The molecule has 0 aliphatic carbocycles. The van der Waals surface area contributed by atoms with E-state index in [2.05, 4.69) is 15.2 Å². The predicted molar refractivity (Wildman–Crippen MR) is 101 cm³/mol. The highest BCUT2D eigenvalue weighted by molar-refractivity contribution is 5.92. The Kier molecular flexibility index (Phi) is 5.03. The molecule has 0 aromatic carbocycles. The second-order valence-corrected chi connectivity index (χ2v) is 7.75. The van der Waals surface area contributed by atoms with E-state index in [4.69, 9.17) is 4.52 Å². The van der Waals surface area contributed by atoms with E-state index in [1.807, 2.05) is 6.92 Å². The molecule has 7 nitrogen and oxygen atoms in total. The number of amides is 1. The Morgan fingerprint density at radius 1 is 1.30 bits per heavy atom. The summed E-state index contributed by atoms with van der Waals surface area (Å²) in [6.45, 7) is 5.94. The third kappa shape index (κ3) is 3.54. The largest absolute Gasteiger partial charge is 0.433 e. The molecule has 1 amide bonds. The Morgan fingerprint density at radius 2 is 2.07 bits per heavy atom. The van der Waals surface area contributed by atoms with Crippen molar-refractivity contribution in [2.45, 2.75) is 58.2 Å². The molecule has 0 radical (unpaired) electrons. The van der Waals surface area contributed by atoms with Crippen molar-refractivity contribution in [1.29, 1.82) is 0 Å². The lowest BCUT2D eigenvalue weighted by atomic mass is 10.1. The predicted octanol–water partition coefficient (Wildman–Crippen LogP) is 4.40. The molecule has 160 valence electrons. The zero-order chi connectivity index (χ0) is 21.6. The molecule has 4 heterocycles. The van der Waals surface area contributed by atoms with Gasteiger partial charge in [-0.05, 0) is 31.2 Å². The van der Waals surface area contributed by atoms with Crippen LogP contribution in [0.3, 0.4) is 0 Å². The van der Waals surface area contributed by atoms with Crippen LogP contribution < -0.4 is 0 Å². The summed E-state index contributed by atoms with van der Waals surface area (Å²) in [6, 6.07) is 3.72. The minimum atomic E-state index is -4.57. The van der Waals surface area contributed by atoms with Gasteiger partial charge in [-0.25, -0.2) is 9.50 Å². The topological polar surface area (TPSA) is 76.5 Å². The summed E-state index contributed by atoms with van der Waals surface area (Å²) in [5, 5.41) is 8.05. The molecule has 0 N–H and O–H groups in total. The second-order valence-electron chi connectivity index (χ2n) is 7.75. The van der Waals surface area contributed by atoms with E-state index in [-0.39, 0.29) is 23.2 Å². The monoisotopic (exact) mass is 421 g/mol. The number of aromatic nitrogens is 4. The van der Waals surface area contributed by atoms with Crippen LogP contribution in [0.5, 0.6) is 0 Å². The molecule has 3 aromatic heterocycles. The number of halogens is 3. The summed E-state index contributed by atoms with van der Waals surface area (Å²) in [4.78, 5) is 18.8. The molecule has 0 unspecified atom stereocenters. The van der Waals surface area contributed by atoms with Crippen LogP contribution in [-0.2, 0) is 12.6 Å². The van der Waals surface area contributed by atoms with Crippen LogP contribution in [0.2, 0.25) is 0 Å². The van der Waals surface area contributed by atoms with Crippen LogP contribution >= 0.6 is 0 Å². The van der Waals surface area contributed by atoms with Crippen LogP contribution in [0.1, 0.15) is 78.9 Å². The van der Waals surface area contributed by atoms with Crippen molar-refractivity contribution < 1.29 is 22.5 Å². The average molecular weight is 421 g/mol. The first-order chi connectivity index (χ1) is 14.2. The van der Waals surface area contributed by atoms with Crippen molar-refractivity contribution in [1.82, 2.24) is 24.7 Å². The smallest absolute Gasteiger partial charge is 0.351 e. The lowest BCUT2D eigenvalue weighted by Crippen LogP contribution is -2.30. The molecule has 1 aliphatic heterocycles. The second kappa shape index (κ2) is 7.41. The number of likely N-dealkylation sites (tertiary alicyclic amines) is 1. The Balaban J connectivity index is 1.74. The zero-order valence-corrected chi connectivity index (χ0v) is 16.9. The molecule has 1 aliphatic rings. The van der Waals surface area contributed by atoms with Crippen LogP contribution in [0.15, 0.2) is 22.7 Å². The van der Waals surface area contributed by atoms with Gasteiger partial charge in [0.15, 0.2) is 5.65 Å². The molecule has 30 heavy (non-hydrogen) atoms. The van der Waals surface area contributed by atoms with Gasteiger partial charge in [-0.2, -0.15) is 18.3 Å². The maximum absolute atomic E-state index is 13.6. The van der Waals surface area contributed by atoms with Crippen molar-refractivity contribution in [2.24, 2.45) is 0 Å². The molecule has 0 spiro atoms. The standard InChI is InChI=1S/C20H22F3N5O2/c1-4-12-8-16(30-26-12)19(29)27-7-5-6-15(27)14-10-18-24-13(11(2)3)9-17(20(21,22)23)28(18)25-14/h8-11,15H,4-7H2,1-3H3/t15-/m0/s1. The number of fused-ring (bicyclic) bond motifs is 1. The highest BCUT2D eigenvalue weighted by atomic mass is 19.4. The lowest BCUT2D eigenvalue weighted by molar-refractivity contribution is -0.142. The maximum atomic E-state index is 13.6. The van der Waals surface area contributed by atoms with Crippen molar-refractivity contribution in [2.75, 3.05) is 6.54 Å². The number of rotatable bonds is 4. The number of alkyl halides is 3. The molecule has 10 heteroatoms. The quantitative estimate of drug-likeness (QED) is 0.624. The average Bonchev–Trinajstić information content (AvgIpc) is 3.43. The van der Waals surface area contributed by atoms with E-state index in [0.29, 0.717) is 36.5 Å². The lowest BCUT2D eigenvalue weighted by Gasteiger charge is -2.21. The fourth-order valence-electron chi connectivity index (χ4n) is 3.71. The first-order valence-electron chi connectivity index (χ1n) is 9.93. The van der Waals surface area contributed by atoms with Crippen LogP contribution in [0.4, 0.5) is 13.2 Å². The summed E-state index contributed by atoms with van der Waals surface area (Å²) in [5.41, 5.74) is 0.642. The summed E-state index contributed by atoms with van der Waals surface area (Å²) >= 11 is 0. The number of carbonyl (C=O) groups excluding carboxylic acids is 1. The van der Waals surface area contributed by atoms with Crippen LogP contribution in [0.25, 0.3) is 5.65 Å². The highest BCUT2D eigenvalue weighted by Gasteiger charge is 2.38. The van der Waals surface area contributed by atoms with E-state index in [9.17, 15) is 18.0 Å². The number of carbonyl (C=O) groups is 1. The fourth-order valence-corrected chi connectivity index (χ4v) is 3.71. The summed E-state index contributed by atoms with van der Waals surface area (Å²) in [7, 11) is 0. The van der Waals surface area contributed by atoms with E-state index in [1.165, 1.54) is 6.07 Å². The Bertz CT molecular complexity index is 1090. The van der Waals surface area contributed by atoms with Crippen molar-refractivity contribution in [3.05, 3.63) is 46.7 Å². The highest BCUT2D eigenvalue weighted by Crippen LogP contribution is 2.35. The molecule has 4 rings (SSSR count). The Labute approximate surface area is 170 Å². The summed E-state index contributed by atoms with van der Waals surface area (Å²) in [6.07, 6.45) is -2.62. The van der Waals surface area contributed by atoms with Crippen LogP contribution in [-0.4, -0.2) is 37.1 Å². The van der Waals surface area contributed by atoms with Crippen molar-refractivity contribution in [3.8, 4) is 0 Å². The molecule has 0 saturated carbocycles. The first-order valence-corrected chi connectivity index (χ1v) is 9.93. The SMILES string of the molecule is CCc1cc(C(=O)N2CCC[C@H]2c2cc3nc(C(C)C)cc(C(F)(F)F)n3n2)on1. The van der Waals surface area contributed by atoms with Gasteiger partial charge < -0.3 is 9.42 Å². The molecule has 1 fully saturated rings. The minimum absolute atomic E-state index is 0.121. The van der Waals surface area contributed by atoms with E-state index in [1.54, 1.807) is 24.8 Å². The fraction of sp³-hybridized carbons (Fsp3) is 0.500. The molecule has 1 saturated heterocycles. The first kappa shape index (κ1) is 20.4. The van der Waals surface area contributed by atoms with Gasteiger partial charge in [0.1, 0.15) is 5.69 Å². The van der Waals surface area contributed by atoms with E-state index in [0.717, 1.165) is 17.0 Å².